The monoisotopic (exact) mass is 321 g/mol. The van der Waals surface area contributed by atoms with Crippen LogP contribution in [0.15, 0.2) is 35.3 Å². The van der Waals surface area contributed by atoms with Gasteiger partial charge in [-0.1, -0.05) is 30.3 Å². The molecule has 5 heteroatoms. The fourth-order valence-corrected chi connectivity index (χ4v) is 2.00. The van der Waals surface area contributed by atoms with Crippen LogP contribution < -0.4 is 10.6 Å². The van der Waals surface area contributed by atoms with Gasteiger partial charge in [0.25, 0.3) is 0 Å². The minimum atomic E-state index is 0.646. The Kier molecular flexibility index (Phi) is 11.9. The topological polar surface area (TPSA) is 54.9 Å². The third-order valence-corrected chi connectivity index (χ3v) is 3.17. The SMILES string of the molecule is CCNC(=NCCCCOCC)NCCOCc1ccccc1. The van der Waals surface area contributed by atoms with Crippen LogP contribution in [-0.2, 0) is 16.1 Å². The Balaban J connectivity index is 2.11. The maximum atomic E-state index is 5.66. The fraction of sp³-hybridized carbons (Fsp3) is 0.611. The Bertz CT molecular complexity index is 410. The molecular weight excluding hydrogens is 290 g/mol. The number of aliphatic imine (C=N–C) groups is 1. The number of ether oxygens (including phenoxy) is 2. The van der Waals surface area contributed by atoms with Crippen LogP contribution in [0.5, 0.6) is 0 Å². The van der Waals surface area contributed by atoms with Gasteiger partial charge >= 0.3 is 0 Å². The summed E-state index contributed by atoms with van der Waals surface area (Å²) in [5.74, 6) is 0.854. The van der Waals surface area contributed by atoms with Crippen molar-refractivity contribution >= 4 is 5.96 Å². The van der Waals surface area contributed by atoms with Crippen LogP contribution in [0.3, 0.4) is 0 Å². The van der Waals surface area contributed by atoms with Crippen molar-refractivity contribution in [2.45, 2.75) is 33.3 Å². The van der Waals surface area contributed by atoms with E-state index in [1.807, 2.05) is 25.1 Å². The highest BCUT2D eigenvalue weighted by atomic mass is 16.5. The van der Waals surface area contributed by atoms with Crippen LogP contribution in [0.1, 0.15) is 32.3 Å². The first-order chi connectivity index (χ1) is 11.4. The number of nitrogens with one attached hydrogen (secondary N) is 2. The number of unbranched alkanes of at least 4 members (excludes halogenated alkanes) is 1. The molecule has 1 aromatic rings. The van der Waals surface area contributed by atoms with E-state index in [2.05, 4.69) is 34.7 Å². The Hall–Kier alpha value is -1.59. The molecule has 0 amide bonds. The van der Waals surface area contributed by atoms with Crippen molar-refractivity contribution in [1.82, 2.24) is 10.6 Å². The summed E-state index contributed by atoms with van der Waals surface area (Å²) in [7, 11) is 0. The zero-order chi connectivity index (χ0) is 16.6. The van der Waals surface area contributed by atoms with Crippen LogP contribution in [0.2, 0.25) is 0 Å². The van der Waals surface area contributed by atoms with Gasteiger partial charge in [-0.2, -0.15) is 0 Å². The van der Waals surface area contributed by atoms with Crippen molar-refractivity contribution in [2.75, 3.05) is 39.5 Å². The summed E-state index contributed by atoms with van der Waals surface area (Å²) in [6.07, 6.45) is 2.10. The van der Waals surface area contributed by atoms with Gasteiger partial charge in [0.1, 0.15) is 0 Å². The molecule has 0 aliphatic carbocycles. The maximum absolute atomic E-state index is 5.66. The quantitative estimate of drug-likeness (QED) is 0.353. The van der Waals surface area contributed by atoms with E-state index in [-0.39, 0.29) is 0 Å². The molecule has 0 fully saturated rings. The lowest BCUT2D eigenvalue weighted by atomic mass is 10.2. The number of nitrogens with zero attached hydrogens (tertiary/aromatic N) is 1. The predicted molar refractivity (Wildman–Crippen MR) is 95.8 cm³/mol. The van der Waals surface area contributed by atoms with Gasteiger partial charge in [0.2, 0.25) is 0 Å². The first-order valence-electron chi connectivity index (χ1n) is 8.58. The molecule has 0 unspecified atom stereocenters. The third-order valence-electron chi connectivity index (χ3n) is 3.17. The zero-order valence-electron chi connectivity index (χ0n) is 14.5. The van der Waals surface area contributed by atoms with Gasteiger partial charge in [-0.15, -0.1) is 0 Å². The Morgan fingerprint density at radius 2 is 1.83 bits per heavy atom. The van der Waals surface area contributed by atoms with E-state index in [4.69, 9.17) is 9.47 Å². The zero-order valence-corrected chi connectivity index (χ0v) is 14.5. The second-order valence-corrected chi connectivity index (χ2v) is 5.13. The number of hydrogen-bond acceptors (Lipinski definition) is 3. The van der Waals surface area contributed by atoms with Gasteiger partial charge in [0, 0.05) is 32.8 Å². The van der Waals surface area contributed by atoms with Crippen molar-refractivity contribution in [2.24, 2.45) is 4.99 Å². The van der Waals surface area contributed by atoms with Gasteiger partial charge in [0.15, 0.2) is 5.96 Å². The molecular formula is C18H31N3O2. The van der Waals surface area contributed by atoms with E-state index < -0.39 is 0 Å². The third kappa shape index (κ3) is 10.7. The van der Waals surface area contributed by atoms with E-state index in [0.717, 1.165) is 51.6 Å². The number of rotatable bonds is 12. The highest BCUT2D eigenvalue weighted by Gasteiger charge is 1.97. The number of guanidine groups is 1. The fourth-order valence-electron chi connectivity index (χ4n) is 2.00. The molecule has 2 N–H and O–H groups in total. The second-order valence-electron chi connectivity index (χ2n) is 5.13. The second kappa shape index (κ2) is 14.0. The summed E-state index contributed by atoms with van der Waals surface area (Å²) in [5, 5.41) is 6.54. The lowest BCUT2D eigenvalue weighted by molar-refractivity contribution is 0.125. The van der Waals surface area contributed by atoms with Crippen LogP contribution in [0.4, 0.5) is 0 Å². The summed E-state index contributed by atoms with van der Waals surface area (Å²) in [4.78, 5) is 4.55. The molecule has 0 aliphatic heterocycles. The van der Waals surface area contributed by atoms with E-state index in [1.54, 1.807) is 0 Å². The number of benzene rings is 1. The van der Waals surface area contributed by atoms with Crippen LogP contribution in [-0.4, -0.2) is 45.4 Å². The first kappa shape index (κ1) is 19.5. The standard InChI is InChI=1S/C18H31N3O2/c1-3-19-18(20-12-8-9-14-22-4-2)21-13-15-23-16-17-10-6-5-7-11-17/h5-7,10-11H,3-4,8-9,12-16H2,1-2H3,(H2,19,20,21). The maximum Gasteiger partial charge on any atom is 0.191 e. The normalized spacial score (nSPS) is 11.5. The molecule has 0 bridgehead atoms. The smallest absolute Gasteiger partial charge is 0.191 e. The average Bonchev–Trinajstić information content (AvgIpc) is 2.58. The van der Waals surface area contributed by atoms with Gasteiger partial charge < -0.3 is 20.1 Å². The summed E-state index contributed by atoms with van der Waals surface area (Å²) >= 11 is 0. The van der Waals surface area contributed by atoms with E-state index in [1.165, 1.54) is 5.56 Å². The van der Waals surface area contributed by atoms with Crippen molar-refractivity contribution in [3.8, 4) is 0 Å². The van der Waals surface area contributed by atoms with Gasteiger partial charge in [0.05, 0.1) is 13.2 Å². The predicted octanol–water partition coefficient (Wildman–Crippen LogP) is 2.58. The average molecular weight is 321 g/mol. The molecule has 1 aromatic carbocycles. The van der Waals surface area contributed by atoms with Crippen molar-refractivity contribution in [1.29, 1.82) is 0 Å². The summed E-state index contributed by atoms with van der Waals surface area (Å²) in [6.45, 7) is 9.42. The molecule has 0 aliphatic rings. The van der Waals surface area contributed by atoms with Crippen LogP contribution in [0, 0.1) is 0 Å². The van der Waals surface area contributed by atoms with Crippen LogP contribution in [0.25, 0.3) is 0 Å². The Labute approximate surface area is 140 Å². The highest BCUT2D eigenvalue weighted by Crippen LogP contribution is 1.99. The Morgan fingerprint density at radius 3 is 2.57 bits per heavy atom. The molecule has 1 rings (SSSR count). The molecule has 0 radical (unpaired) electrons. The Morgan fingerprint density at radius 1 is 1.00 bits per heavy atom. The van der Waals surface area contributed by atoms with E-state index in [0.29, 0.717) is 13.2 Å². The minimum Gasteiger partial charge on any atom is -0.382 e. The van der Waals surface area contributed by atoms with Crippen molar-refractivity contribution in [3.05, 3.63) is 35.9 Å². The van der Waals surface area contributed by atoms with E-state index in [9.17, 15) is 0 Å². The minimum absolute atomic E-state index is 0.646. The molecule has 130 valence electrons. The number of hydrogen-bond donors (Lipinski definition) is 2. The van der Waals surface area contributed by atoms with E-state index >= 15 is 0 Å². The van der Waals surface area contributed by atoms with Gasteiger partial charge in [-0.25, -0.2) is 0 Å². The van der Waals surface area contributed by atoms with Crippen molar-refractivity contribution in [3.63, 3.8) is 0 Å². The lowest BCUT2D eigenvalue weighted by Crippen LogP contribution is -2.39. The summed E-state index contributed by atoms with van der Waals surface area (Å²) in [6, 6.07) is 10.2. The molecule has 23 heavy (non-hydrogen) atoms. The van der Waals surface area contributed by atoms with Crippen molar-refractivity contribution < 1.29 is 9.47 Å². The van der Waals surface area contributed by atoms with Gasteiger partial charge in [-0.05, 0) is 32.3 Å². The molecule has 0 atom stereocenters. The molecule has 0 spiro atoms. The first-order valence-corrected chi connectivity index (χ1v) is 8.58. The largest absolute Gasteiger partial charge is 0.382 e. The molecule has 0 heterocycles. The van der Waals surface area contributed by atoms with Crippen LogP contribution >= 0.6 is 0 Å². The molecule has 0 saturated heterocycles. The molecule has 0 aromatic heterocycles. The summed E-state index contributed by atoms with van der Waals surface area (Å²) in [5.41, 5.74) is 1.20. The lowest BCUT2D eigenvalue weighted by Gasteiger charge is -2.11. The molecule has 0 saturated carbocycles. The highest BCUT2D eigenvalue weighted by molar-refractivity contribution is 5.79. The molecule has 5 nitrogen and oxygen atoms in total. The van der Waals surface area contributed by atoms with Gasteiger partial charge in [-0.3, -0.25) is 4.99 Å². The summed E-state index contributed by atoms with van der Waals surface area (Å²) < 4.78 is 11.0.